The van der Waals surface area contributed by atoms with E-state index in [0.717, 1.165) is 38.4 Å². The van der Waals surface area contributed by atoms with E-state index in [4.69, 9.17) is 5.11 Å². The highest BCUT2D eigenvalue weighted by Gasteiger charge is 2.22. The molecule has 0 aromatic carbocycles. The van der Waals surface area contributed by atoms with Crippen LogP contribution in [0.15, 0.2) is 6.33 Å². The number of aliphatic hydroxyl groups is 1. The Labute approximate surface area is 89.7 Å². The number of aromatic nitrogens is 3. The van der Waals surface area contributed by atoms with Crippen LogP contribution in [0.4, 0.5) is 0 Å². The van der Waals surface area contributed by atoms with Gasteiger partial charge in [-0.1, -0.05) is 0 Å². The van der Waals surface area contributed by atoms with Gasteiger partial charge in [-0.15, -0.1) is 10.2 Å². The van der Waals surface area contributed by atoms with Gasteiger partial charge in [-0.3, -0.25) is 4.90 Å². The molecule has 84 valence electrons. The Balaban J connectivity index is 1.92. The van der Waals surface area contributed by atoms with Crippen LogP contribution in [0.1, 0.15) is 19.2 Å². The van der Waals surface area contributed by atoms with Crippen LogP contribution in [0.5, 0.6) is 0 Å². The highest BCUT2D eigenvalue weighted by atomic mass is 16.3. The number of nitrogens with zero attached hydrogens (tertiary/aromatic N) is 4. The quantitative estimate of drug-likeness (QED) is 0.766. The largest absolute Gasteiger partial charge is 0.396 e. The second-order valence-corrected chi connectivity index (χ2v) is 4.11. The highest BCUT2D eigenvalue weighted by Crippen LogP contribution is 2.17. The summed E-state index contributed by atoms with van der Waals surface area (Å²) in [5.74, 6) is 1.47. The molecule has 1 aromatic heterocycles. The lowest BCUT2D eigenvalue weighted by Gasteiger charge is -2.14. The van der Waals surface area contributed by atoms with Gasteiger partial charge in [-0.05, 0) is 25.8 Å². The van der Waals surface area contributed by atoms with Crippen molar-refractivity contribution >= 4 is 0 Å². The molecule has 1 aliphatic heterocycles. The Morgan fingerprint density at radius 3 is 3.13 bits per heavy atom. The molecule has 0 spiro atoms. The van der Waals surface area contributed by atoms with E-state index >= 15 is 0 Å². The predicted molar refractivity (Wildman–Crippen MR) is 56.2 cm³/mol. The monoisotopic (exact) mass is 210 g/mol. The fraction of sp³-hybridized carbons (Fsp3) is 0.800. The smallest absolute Gasteiger partial charge is 0.146 e. The number of aliphatic hydroxyl groups excluding tert-OH is 1. The average molecular weight is 210 g/mol. The summed E-state index contributed by atoms with van der Waals surface area (Å²) in [5, 5.41) is 17.1. The van der Waals surface area contributed by atoms with Gasteiger partial charge in [-0.2, -0.15) is 0 Å². The van der Waals surface area contributed by atoms with E-state index < -0.39 is 0 Å². The molecule has 1 unspecified atom stereocenters. The molecule has 5 heteroatoms. The van der Waals surface area contributed by atoms with Crippen molar-refractivity contribution in [3.05, 3.63) is 12.2 Å². The van der Waals surface area contributed by atoms with Crippen LogP contribution in [-0.4, -0.2) is 44.5 Å². The molecule has 15 heavy (non-hydrogen) atoms. The fourth-order valence-electron chi connectivity index (χ4n) is 2.07. The van der Waals surface area contributed by atoms with Gasteiger partial charge < -0.3 is 9.67 Å². The maximum atomic E-state index is 9.05. The summed E-state index contributed by atoms with van der Waals surface area (Å²) in [6.45, 7) is 6.20. The third kappa shape index (κ3) is 2.35. The standard InChI is InChI=1S/C10H18N4O/c1-2-14-8-11-12-10(14)6-13-4-3-9(5-13)7-15/h8-9,15H,2-7H2,1H3. The van der Waals surface area contributed by atoms with E-state index in [2.05, 4.69) is 26.6 Å². The number of likely N-dealkylation sites (tertiary alicyclic amines) is 1. The SMILES string of the molecule is CCn1cnnc1CN1CCC(CO)C1. The molecule has 1 fully saturated rings. The molecular weight excluding hydrogens is 192 g/mol. The van der Waals surface area contributed by atoms with E-state index in [9.17, 15) is 0 Å². The van der Waals surface area contributed by atoms with Crippen molar-refractivity contribution in [1.82, 2.24) is 19.7 Å². The molecule has 1 atom stereocenters. The lowest BCUT2D eigenvalue weighted by atomic mass is 10.1. The van der Waals surface area contributed by atoms with Crippen LogP contribution < -0.4 is 0 Å². The van der Waals surface area contributed by atoms with Gasteiger partial charge in [0.2, 0.25) is 0 Å². The van der Waals surface area contributed by atoms with E-state index in [1.807, 2.05) is 0 Å². The molecule has 0 aliphatic carbocycles. The van der Waals surface area contributed by atoms with Crippen molar-refractivity contribution in [2.45, 2.75) is 26.4 Å². The normalized spacial score (nSPS) is 22.4. The molecule has 1 aromatic rings. The van der Waals surface area contributed by atoms with Crippen molar-refractivity contribution in [2.75, 3.05) is 19.7 Å². The minimum atomic E-state index is 0.303. The first kappa shape index (κ1) is 10.6. The Morgan fingerprint density at radius 2 is 2.47 bits per heavy atom. The zero-order valence-electron chi connectivity index (χ0n) is 9.13. The van der Waals surface area contributed by atoms with Crippen LogP contribution >= 0.6 is 0 Å². The van der Waals surface area contributed by atoms with Gasteiger partial charge in [-0.25, -0.2) is 0 Å². The Kier molecular flexibility index (Phi) is 3.33. The maximum absolute atomic E-state index is 9.05. The molecule has 1 aliphatic rings. The minimum absolute atomic E-state index is 0.303. The third-order valence-corrected chi connectivity index (χ3v) is 3.03. The van der Waals surface area contributed by atoms with Crippen molar-refractivity contribution in [2.24, 2.45) is 5.92 Å². The van der Waals surface area contributed by atoms with Crippen LogP contribution in [-0.2, 0) is 13.1 Å². The molecular formula is C10H18N4O. The summed E-state index contributed by atoms with van der Waals surface area (Å²) in [7, 11) is 0. The molecule has 2 rings (SSSR count). The van der Waals surface area contributed by atoms with Crippen molar-refractivity contribution in [3.63, 3.8) is 0 Å². The predicted octanol–water partition coefficient (Wildman–Crippen LogP) is 0.112. The van der Waals surface area contributed by atoms with Gasteiger partial charge in [0.1, 0.15) is 12.2 Å². The Bertz CT molecular complexity index is 312. The third-order valence-electron chi connectivity index (χ3n) is 3.03. The summed E-state index contributed by atoms with van der Waals surface area (Å²) < 4.78 is 2.06. The second kappa shape index (κ2) is 4.72. The average Bonchev–Trinajstić information content (AvgIpc) is 2.87. The van der Waals surface area contributed by atoms with Crippen molar-refractivity contribution < 1.29 is 5.11 Å². The van der Waals surface area contributed by atoms with Crippen molar-refractivity contribution in [1.29, 1.82) is 0 Å². The molecule has 1 N–H and O–H groups in total. The zero-order chi connectivity index (χ0) is 10.7. The van der Waals surface area contributed by atoms with Crippen molar-refractivity contribution in [3.8, 4) is 0 Å². The second-order valence-electron chi connectivity index (χ2n) is 4.11. The minimum Gasteiger partial charge on any atom is -0.396 e. The summed E-state index contributed by atoms with van der Waals surface area (Å²) in [4.78, 5) is 2.33. The number of hydrogen-bond acceptors (Lipinski definition) is 4. The van der Waals surface area contributed by atoms with E-state index in [0.29, 0.717) is 12.5 Å². The fourth-order valence-corrected chi connectivity index (χ4v) is 2.07. The van der Waals surface area contributed by atoms with Crippen LogP contribution in [0, 0.1) is 5.92 Å². The molecule has 2 heterocycles. The van der Waals surface area contributed by atoms with Gasteiger partial charge in [0.05, 0.1) is 6.54 Å². The summed E-state index contributed by atoms with van der Waals surface area (Å²) >= 11 is 0. The van der Waals surface area contributed by atoms with Gasteiger partial charge >= 0.3 is 0 Å². The van der Waals surface area contributed by atoms with Gasteiger partial charge in [0, 0.05) is 19.7 Å². The molecule has 0 amide bonds. The van der Waals surface area contributed by atoms with Gasteiger partial charge in [0.15, 0.2) is 0 Å². The van der Waals surface area contributed by atoms with E-state index in [-0.39, 0.29) is 0 Å². The Morgan fingerprint density at radius 1 is 1.60 bits per heavy atom. The first-order valence-corrected chi connectivity index (χ1v) is 5.53. The number of hydrogen-bond donors (Lipinski definition) is 1. The molecule has 1 saturated heterocycles. The van der Waals surface area contributed by atoms with Crippen LogP contribution in [0.2, 0.25) is 0 Å². The number of aryl methyl sites for hydroxylation is 1. The summed E-state index contributed by atoms with van der Waals surface area (Å²) in [6.07, 6.45) is 2.87. The lowest BCUT2D eigenvalue weighted by Crippen LogP contribution is -2.23. The highest BCUT2D eigenvalue weighted by molar-refractivity contribution is 4.87. The molecule has 5 nitrogen and oxygen atoms in total. The van der Waals surface area contributed by atoms with Crippen LogP contribution in [0.25, 0.3) is 0 Å². The lowest BCUT2D eigenvalue weighted by molar-refractivity contribution is 0.218. The molecule has 0 bridgehead atoms. The van der Waals surface area contributed by atoms with Gasteiger partial charge in [0.25, 0.3) is 0 Å². The molecule has 0 radical (unpaired) electrons. The van der Waals surface area contributed by atoms with E-state index in [1.54, 1.807) is 6.33 Å². The van der Waals surface area contributed by atoms with E-state index in [1.165, 1.54) is 0 Å². The van der Waals surface area contributed by atoms with Crippen LogP contribution in [0.3, 0.4) is 0 Å². The summed E-state index contributed by atoms with van der Waals surface area (Å²) in [6, 6.07) is 0. The first-order valence-electron chi connectivity index (χ1n) is 5.53. The summed E-state index contributed by atoms with van der Waals surface area (Å²) in [5.41, 5.74) is 0. The number of rotatable bonds is 4. The molecule has 0 saturated carbocycles. The first-order chi connectivity index (χ1) is 7.33. The topological polar surface area (TPSA) is 54.2 Å². The zero-order valence-corrected chi connectivity index (χ0v) is 9.13. The Hall–Kier alpha value is -0.940. The maximum Gasteiger partial charge on any atom is 0.146 e.